The molecular weight excluding hydrogens is 829 g/mol. The van der Waals surface area contributed by atoms with Crippen LogP contribution in [0.5, 0.6) is 0 Å². The van der Waals surface area contributed by atoms with Crippen LogP contribution < -0.4 is 0 Å². The third kappa shape index (κ3) is 6.55. The van der Waals surface area contributed by atoms with Gasteiger partial charge in [0, 0.05) is 49.0 Å². The molecule has 0 unspecified atom stereocenters. The van der Waals surface area contributed by atoms with Gasteiger partial charge < -0.3 is 0 Å². The molecule has 13 rings (SSSR count). The summed E-state index contributed by atoms with van der Waals surface area (Å²) < 4.78 is 370. The predicted octanol–water partition coefficient (Wildman–Crippen LogP) is 18.0. The molecule has 0 N–H and O–H groups in total. The van der Waals surface area contributed by atoms with Crippen LogP contribution in [0.2, 0.25) is 0 Å². The van der Waals surface area contributed by atoms with E-state index in [-0.39, 0.29) is 11.3 Å². The van der Waals surface area contributed by atoms with E-state index >= 15 is 0 Å². The Morgan fingerprint density at radius 2 is 0.746 bits per heavy atom. The smallest absolute Gasteiger partial charge is 0.0972 e. The van der Waals surface area contributed by atoms with Crippen molar-refractivity contribution in [1.29, 1.82) is 0 Å². The molecule has 13 aromatic rings. The Hall–Kier alpha value is -8.50. The second-order valence-electron chi connectivity index (χ2n) is 14.1. The van der Waals surface area contributed by atoms with Crippen LogP contribution in [0.3, 0.4) is 0 Å². The van der Waals surface area contributed by atoms with Gasteiger partial charge in [0.2, 0.25) is 0 Å². The minimum atomic E-state index is -1.31. The zero-order chi connectivity index (χ0) is 79.1. The molecule has 0 bridgehead atoms. The molecule has 0 fully saturated rings. The lowest BCUT2D eigenvalue weighted by Gasteiger charge is -2.18. The van der Waals surface area contributed by atoms with E-state index in [0.717, 1.165) is 0 Å². The van der Waals surface area contributed by atoms with Gasteiger partial charge >= 0.3 is 0 Å². The van der Waals surface area contributed by atoms with Gasteiger partial charge in [0.1, 0.15) is 0 Å². The largest absolute Gasteiger partial charge is 0.254 e. The molecule has 2 nitrogen and oxygen atoms in total. The molecule has 0 amide bonds. The maximum Gasteiger partial charge on any atom is 0.0972 e. The first kappa shape index (κ1) is 15.8. The molecule has 0 saturated heterocycles. The van der Waals surface area contributed by atoms with Crippen molar-refractivity contribution in [2.45, 2.75) is 0 Å². The molecule has 312 valence electrons. The maximum absolute atomic E-state index is 10.2. The third-order valence-electron chi connectivity index (χ3n) is 10.6. The summed E-state index contributed by atoms with van der Waals surface area (Å²) in [6.07, 6.45) is -0.837. The summed E-state index contributed by atoms with van der Waals surface area (Å²) in [5.41, 5.74) is -12.5. The Balaban J connectivity index is 1.27. The molecule has 10 aromatic carbocycles. The number of nitrogens with zero attached hydrogens (tertiary/aromatic N) is 2. The molecule has 0 radical (unpaired) electrons. The normalized spacial score (nSPS) is 19.9. The van der Waals surface area contributed by atoms with E-state index < -0.39 is 373 Å². The summed E-state index contributed by atoms with van der Waals surface area (Å²) >= 11 is 0.106. The quantitative estimate of drug-likeness (QED) is 0.118. The fourth-order valence-corrected chi connectivity index (χ4v) is 9.10. The summed E-state index contributed by atoms with van der Waals surface area (Å²) in [6.45, 7) is 0. The van der Waals surface area contributed by atoms with Crippen LogP contribution in [-0.2, 0) is 0 Å². The summed E-state index contributed by atoms with van der Waals surface area (Å²) in [7, 11) is 0. The van der Waals surface area contributed by atoms with Crippen molar-refractivity contribution in [2.75, 3.05) is 0 Å². The second kappa shape index (κ2) is 16.2. The average molecular weight is 909 g/mol. The van der Waals surface area contributed by atoms with Crippen LogP contribution in [-0.4, -0.2) is 9.97 Å². The van der Waals surface area contributed by atoms with Gasteiger partial charge in [0.25, 0.3) is 0 Å². The third-order valence-corrected chi connectivity index (χ3v) is 11.8. The van der Waals surface area contributed by atoms with Crippen molar-refractivity contribution in [3.05, 3.63) is 242 Å². The number of hydrogen-bond acceptors (Lipinski definition) is 3. The topological polar surface area (TPSA) is 25.8 Å². The lowest BCUT2D eigenvalue weighted by molar-refractivity contribution is 1.37. The van der Waals surface area contributed by atoms with Crippen LogP contribution >= 0.6 is 11.3 Å². The highest BCUT2D eigenvalue weighted by Gasteiger charge is 2.27. The van der Waals surface area contributed by atoms with Crippen molar-refractivity contribution in [3.8, 4) is 76.6 Å². The molecule has 67 heavy (non-hydrogen) atoms. The summed E-state index contributed by atoms with van der Waals surface area (Å²) in [4.78, 5) is 6.77. The van der Waals surface area contributed by atoms with Crippen LogP contribution in [0.25, 0.3) is 131 Å². The minimum Gasteiger partial charge on any atom is -0.254 e. The molecule has 3 aromatic heterocycles. The molecule has 0 saturated carbocycles. The molecule has 0 aliphatic rings. The number of hydrogen-bond donors (Lipinski definition) is 0. The Morgan fingerprint density at radius 3 is 1.34 bits per heavy atom. The van der Waals surface area contributed by atoms with Gasteiger partial charge in [-0.2, -0.15) is 0 Å². The number of aromatic nitrogens is 2. The van der Waals surface area contributed by atoms with E-state index in [2.05, 4.69) is 9.97 Å². The lowest BCUT2D eigenvalue weighted by atomic mass is 9.85. The lowest BCUT2D eigenvalue weighted by Crippen LogP contribution is -1.91. The summed E-state index contributed by atoms with van der Waals surface area (Å²) in [5, 5.41) is -6.33. The molecule has 3 heterocycles. The monoisotopic (exact) mass is 909 g/mol. The number of pyridine rings is 2. The van der Waals surface area contributed by atoms with E-state index in [0.29, 0.717) is 0 Å². The Bertz CT molecular complexity index is 6250. The van der Waals surface area contributed by atoms with Crippen molar-refractivity contribution in [1.82, 2.24) is 9.97 Å². The number of benzene rings is 10. The number of thiophene rings is 1. The van der Waals surface area contributed by atoms with Gasteiger partial charge in [-0.05, 0) is 83.3 Å². The highest BCUT2D eigenvalue weighted by atomic mass is 32.1. The maximum atomic E-state index is 10.2. The highest BCUT2D eigenvalue weighted by Crippen LogP contribution is 2.55. The molecule has 0 atom stereocenters. The van der Waals surface area contributed by atoms with Gasteiger partial charge in [-0.25, -0.2) is 4.98 Å². The van der Waals surface area contributed by atoms with Gasteiger partial charge in [0.05, 0.1) is 71.6 Å². The Morgan fingerprint density at radius 1 is 0.299 bits per heavy atom. The van der Waals surface area contributed by atoms with E-state index in [4.69, 9.17) is 24.7 Å². The SMILES string of the molecule is [2H]c1nc2c(c([2H])c1[2H])c([2H])c([2H])c1c([2H])c([2H])c(-c3c([2H])c([2H])c(-c4c([2H])c([2H])c(-c5sc(-c6c7c([2H])c([2H])c([2H])c([2H])c7c(-c7c([2H])c([2H])c([2H])c([2H])c7[2H])c7c([2H])c([2H])c([2H])c([2H])c67)c(-c6c([2H])c([2H])c([2H])c([2H])c6[2H])c5-c5c([2H])c([2H])c([2H])c([2H])c5[2H])c([2H])c4[2H])c4c([2H])c([2H])c([2H])c([2H])c34)nc12. The van der Waals surface area contributed by atoms with E-state index in [9.17, 15) is 30.2 Å². The highest BCUT2D eigenvalue weighted by molar-refractivity contribution is 7.20. The summed E-state index contributed by atoms with van der Waals surface area (Å²) in [5.74, 6) is 0. The van der Waals surface area contributed by atoms with Crippen molar-refractivity contribution >= 4 is 65.5 Å². The van der Waals surface area contributed by atoms with E-state index in [1.165, 1.54) is 0 Å². The first-order valence-corrected chi connectivity index (χ1v) is 20.4. The second-order valence-corrected chi connectivity index (χ2v) is 15.2. The van der Waals surface area contributed by atoms with Crippen LogP contribution in [0.1, 0.15) is 54.8 Å². The molecule has 0 aliphatic heterocycles. The zero-order valence-corrected chi connectivity index (χ0v) is 34.1. The van der Waals surface area contributed by atoms with Gasteiger partial charge in [-0.15, -0.1) is 11.3 Å². The van der Waals surface area contributed by atoms with Gasteiger partial charge in [-0.1, -0.05) is 224 Å². The standard InChI is InChI=1S/C64H40N2S/c1-4-17-42(18-5-1)57-52-26-12-14-28-54(52)60(55-29-15-13-27-53(55)57)64-59(44-21-8-3-9-22-44)58(43-19-6-2-7-20-43)63(67-64)47-34-30-41(31-35-47)48-37-38-51(50-25-11-10-24-49(48)50)56-39-36-46-33-32-45-23-16-40-65-61(45)62(46)66-56/h1-40H/i1D,2D,3D,4D,5D,6D,7D,8D,9D,10D,11D,12D,13D,14D,15D,16D,17D,18D,19D,20D,21D,22D,23D,24D,25D,26D,27D,28D,29D,30D,31D,32D,33D,34D,35D,36D,37D,38D,39D,40D. The van der Waals surface area contributed by atoms with Crippen LogP contribution in [0.15, 0.2) is 242 Å². The number of fused-ring (bicyclic) bond motifs is 6. The first-order valence-electron chi connectivity index (χ1n) is 39.6. The van der Waals surface area contributed by atoms with Crippen LogP contribution in [0, 0.1) is 0 Å². The zero-order valence-electron chi connectivity index (χ0n) is 73.3. The van der Waals surface area contributed by atoms with E-state index in [1.54, 1.807) is 0 Å². The molecular formula is C64H40N2S. The van der Waals surface area contributed by atoms with Crippen molar-refractivity contribution in [2.24, 2.45) is 0 Å². The minimum absolute atomic E-state index is 0.106. The Kier molecular flexibility index (Phi) is 3.83. The van der Waals surface area contributed by atoms with Crippen molar-refractivity contribution < 1.29 is 54.8 Å². The summed E-state index contributed by atoms with van der Waals surface area (Å²) in [6, 6.07) is -42.9. The molecule has 0 aliphatic carbocycles. The Labute approximate surface area is 449 Å². The average Bonchev–Trinajstić information content (AvgIpc) is 1.68. The predicted molar refractivity (Wildman–Crippen MR) is 285 cm³/mol. The number of rotatable bonds is 7. The van der Waals surface area contributed by atoms with Crippen LogP contribution in [0.4, 0.5) is 0 Å². The van der Waals surface area contributed by atoms with Gasteiger partial charge in [-0.3, -0.25) is 4.98 Å². The molecule has 3 heteroatoms. The first-order chi connectivity index (χ1) is 49.9. The fraction of sp³-hybridized carbons (Fsp3) is 0. The molecule has 0 spiro atoms. The fourth-order valence-electron chi connectivity index (χ4n) is 7.77. The van der Waals surface area contributed by atoms with E-state index in [1.807, 2.05) is 0 Å². The van der Waals surface area contributed by atoms with Gasteiger partial charge in [0.15, 0.2) is 0 Å². The van der Waals surface area contributed by atoms with Crippen molar-refractivity contribution in [3.63, 3.8) is 0 Å².